The Bertz CT molecular complexity index is 307. The van der Waals surface area contributed by atoms with Crippen molar-refractivity contribution in [3.63, 3.8) is 0 Å². The summed E-state index contributed by atoms with van der Waals surface area (Å²) in [5.41, 5.74) is 6.93. The zero-order valence-electron chi connectivity index (χ0n) is 8.61. The molecular weight excluding hydrogens is 174 g/mol. The fraction of sp³-hybridized carbons (Fsp3) is 0.545. The van der Waals surface area contributed by atoms with Crippen molar-refractivity contribution in [1.29, 1.82) is 0 Å². The number of anilines is 1. The maximum absolute atomic E-state index is 5.79. The smallest absolute Gasteiger partial charge is 0.127 e. The van der Waals surface area contributed by atoms with Crippen LogP contribution in [-0.4, -0.2) is 23.0 Å². The van der Waals surface area contributed by atoms with Gasteiger partial charge in [-0.2, -0.15) is 0 Å². The number of nitrogens with zero attached hydrogens (tertiary/aromatic N) is 2. The molecule has 3 heteroatoms. The average Bonchev–Trinajstić information content (AvgIpc) is 2.05. The third-order valence-corrected chi connectivity index (χ3v) is 3.04. The summed E-state index contributed by atoms with van der Waals surface area (Å²) in [4.78, 5) is 6.46. The largest absolute Gasteiger partial charge is 0.383 e. The molecule has 0 amide bonds. The lowest BCUT2D eigenvalue weighted by Gasteiger charge is -2.34. The number of hydrogen-bond donors (Lipinski definition) is 1. The Balaban J connectivity index is 1.99. The van der Waals surface area contributed by atoms with Crippen molar-refractivity contribution in [2.45, 2.75) is 31.8 Å². The second-order valence-corrected chi connectivity index (χ2v) is 4.05. The molecule has 1 aliphatic rings. The fourth-order valence-corrected chi connectivity index (χ4v) is 1.81. The van der Waals surface area contributed by atoms with Crippen LogP contribution in [0.5, 0.6) is 0 Å². The second-order valence-electron chi connectivity index (χ2n) is 4.05. The van der Waals surface area contributed by atoms with Gasteiger partial charge in [0.1, 0.15) is 5.82 Å². The van der Waals surface area contributed by atoms with E-state index in [-0.39, 0.29) is 0 Å². The molecule has 0 aromatic carbocycles. The van der Waals surface area contributed by atoms with Gasteiger partial charge in [-0.05, 0) is 26.0 Å². The van der Waals surface area contributed by atoms with Gasteiger partial charge in [-0.3, -0.25) is 4.90 Å². The average molecular weight is 191 g/mol. The van der Waals surface area contributed by atoms with E-state index in [2.05, 4.69) is 23.0 Å². The Labute approximate surface area is 84.9 Å². The first-order valence-corrected chi connectivity index (χ1v) is 5.17. The van der Waals surface area contributed by atoms with E-state index in [0.29, 0.717) is 5.82 Å². The van der Waals surface area contributed by atoms with Crippen LogP contribution in [0.1, 0.15) is 24.8 Å². The topological polar surface area (TPSA) is 42.2 Å². The lowest BCUT2D eigenvalue weighted by molar-refractivity contribution is 0.153. The zero-order chi connectivity index (χ0) is 9.97. The van der Waals surface area contributed by atoms with Crippen LogP contribution in [0.3, 0.4) is 0 Å². The van der Waals surface area contributed by atoms with Gasteiger partial charge in [0.2, 0.25) is 0 Å². The van der Waals surface area contributed by atoms with Gasteiger partial charge in [0.05, 0.1) is 0 Å². The molecule has 2 N–H and O–H groups in total. The fourth-order valence-electron chi connectivity index (χ4n) is 1.81. The number of nitrogens with two attached hydrogens (primary N) is 1. The van der Waals surface area contributed by atoms with Gasteiger partial charge in [-0.1, -0.05) is 12.5 Å². The summed E-state index contributed by atoms with van der Waals surface area (Å²) in [6.07, 6.45) is 5.77. The molecule has 0 atom stereocenters. The monoisotopic (exact) mass is 191 g/mol. The van der Waals surface area contributed by atoms with E-state index in [4.69, 9.17) is 5.73 Å². The first-order chi connectivity index (χ1) is 6.77. The number of aromatic nitrogens is 1. The van der Waals surface area contributed by atoms with Crippen molar-refractivity contribution in [2.75, 3.05) is 12.8 Å². The van der Waals surface area contributed by atoms with E-state index >= 15 is 0 Å². The highest BCUT2D eigenvalue weighted by molar-refractivity contribution is 5.38. The van der Waals surface area contributed by atoms with Crippen molar-refractivity contribution in [3.8, 4) is 0 Å². The van der Waals surface area contributed by atoms with Crippen molar-refractivity contribution >= 4 is 5.82 Å². The highest BCUT2D eigenvalue weighted by Crippen LogP contribution is 2.25. The lowest BCUT2D eigenvalue weighted by Crippen LogP contribution is -2.36. The van der Waals surface area contributed by atoms with Crippen molar-refractivity contribution in [3.05, 3.63) is 23.9 Å². The van der Waals surface area contributed by atoms with Gasteiger partial charge < -0.3 is 5.73 Å². The molecule has 76 valence electrons. The van der Waals surface area contributed by atoms with Gasteiger partial charge in [0.15, 0.2) is 0 Å². The molecule has 0 bridgehead atoms. The van der Waals surface area contributed by atoms with Crippen LogP contribution < -0.4 is 5.73 Å². The molecule has 0 radical (unpaired) electrons. The van der Waals surface area contributed by atoms with Crippen molar-refractivity contribution in [1.82, 2.24) is 9.88 Å². The van der Waals surface area contributed by atoms with Crippen LogP contribution in [0.2, 0.25) is 0 Å². The quantitative estimate of drug-likeness (QED) is 0.790. The maximum Gasteiger partial charge on any atom is 0.127 e. The second kappa shape index (κ2) is 3.96. The van der Waals surface area contributed by atoms with Crippen molar-refractivity contribution in [2.24, 2.45) is 0 Å². The van der Waals surface area contributed by atoms with E-state index in [9.17, 15) is 0 Å². The predicted molar refractivity (Wildman–Crippen MR) is 57.8 cm³/mol. The zero-order valence-corrected chi connectivity index (χ0v) is 8.61. The molecule has 2 rings (SSSR count). The Morgan fingerprint density at radius 1 is 1.57 bits per heavy atom. The normalized spacial score (nSPS) is 17.0. The van der Waals surface area contributed by atoms with Gasteiger partial charge in [-0.25, -0.2) is 4.98 Å². The van der Waals surface area contributed by atoms with E-state index in [0.717, 1.165) is 18.2 Å². The molecule has 14 heavy (non-hydrogen) atoms. The summed E-state index contributed by atoms with van der Waals surface area (Å²) in [7, 11) is 2.16. The molecule has 1 aromatic heterocycles. The van der Waals surface area contributed by atoms with Crippen molar-refractivity contribution < 1.29 is 0 Å². The summed E-state index contributed by atoms with van der Waals surface area (Å²) in [5, 5.41) is 0. The lowest BCUT2D eigenvalue weighted by atomic mass is 9.91. The summed E-state index contributed by atoms with van der Waals surface area (Å²) < 4.78 is 0. The summed E-state index contributed by atoms with van der Waals surface area (Å²) in [5.74, 6) is 0.665. The van der Waals surface area contributed by atoms with Gasteiger partial charge >= 0.3 is 0 Å². The first-order valence-electron chi connectivity index (χ1n) is 5.17. The van der Waals surface area contributed by atoms with Gasteiger partial charge in [0, 0.05) is 24.3 Å². The van der Waals surface area contributed by atoms with Crippen LogP contribution in [0.4, 0.5) is 5.82 Å². The van der Waals surface area contributed by atoms with Crippen LogP contribution in [0.25, 0.3) is 0 Å². The molecule has 1 saturated carbocycles. The molecule has 0 aliphatic heterocycles. The predicted octanol–water partition coefficient (Wildman–Crippen LogP) is 1.65. The van der Waals surface area contributed by atoms with E-state index in [1.54, 1.807) is 6.20 Å². The van der Waals surface area contributed by atoms with Crippen LogP contribution in [0.15, 0.2) is 18.3 Å². The molecule has 1 fully saturated rings. The SMILES string of the molecule is CN(Cc1cccnc1N)C1CCC1. The summed E-state index contributed by atoms with van der Waals surface area (Å²) in [6, 6.07) is 4.76. The molecule has 0 unspecified atom stereocenters. The Kier molecular flexibility index (Phi) is 2.68. The third-order valence-electron chi connectivity index (χ3n) is 3.04. The summed E-state index contributed by atoms with van der Waals surface area (Å²) >= 11 is 0. The van der Waals surface area contributed by atoms with E-state index < -0.39 is 0 Å². The third kappa shape index (κ3) is 1.87. The molecule has 3 nitrogen and oxygen atoms in total. The van der Waals surface area contributed by atoms with Gasteiger partial charge in [-0.15, -0.1) is 0 Å². The number of nitrogen functional groups attached to an aromatic ring is 1. The molecule has 0 spiro atoms. The number of rotatable bonds is 3. The van der Waals surface area contributed by atoms with E-state index in [1.165, 1.54) is 19.3 Å². The van der Waals surface area contributed by atoms with Gasteiger partial charge in [0.25, 0.3) is 0 Å². The molecule has 1 heterocycles. The molecule has 1 aliphatic carbocycles. The summed E-state index contributed by atoms with van der Waals surface area (Å²) in [6.45, 7) is 0.921. The minimum absolute atomic E-state index is 0.665. The highest BCUT2D eigenvalue weighted by atomic mass is 15.1. The molecule has 1 aromatic rings. The molecular formula is C11H17N3. The van der Waals surface area contributed by atoms with Crippen LogP contribution in [0, 0.1) is 0 Å². The number of hydrogen-bond acceptors (Lipinski definition) is 3. The standard InChI is InChI=1S/C11H17N3/c1-14(10-5-2-6-10)8-9-4-3-7-13-11(9)12/h3-4,7,10H,2,5-6,8H2,1H3,(H2,12,13). The minimum Gasteiger partial charge on any atom is -0.383 e. The Hall–Kier alpha value is -1.09. The Morgan fingerprint density at radius 2 is 2.36 bits per heavy atom. The van der Waals surface area contributed by atoms with Crippen LogP contribution in [-0.2, 0) is 6.54 Å². The Morgan fingerprint density at radius 3 is 2.93 bits per heavy atom. The maximum atomic E-state index is 5.79. The first kappa shape index (κ1) is 9.46. The van der Waals surface area contributed by atoms with Crippen LogP contribution >= 0.6 is 0 Å². The van der Waals surface area contributed by atoms with E-state index in [1.807, 2.05) is 6.07 Å². The highest BCUT2D eigenvalue weighted by Gasteiger charge is 2.22. The minimum atomic E-state index is 0.665. The molecule has 0 saturated heterocycles. The number of pyridine rings is 1.